The van der Waals surface area contributed by atoms with Crippen LogP contribution < -0.4 is 10.1 Å². The molecular formula is C20H19NO4S. The first-order valence-corrected chi connectivity index (χ1v) is 8.99. The van der Waals surface area contributed by atoms with E-state index in [4.69, 9.17) is 9.47 Å². The first kappa shape index (κ1) is 17.9. The maximum absolute atomic E-state index is 12.7. The van der Waals surface area contributed by atoms with Gasteiger partial charge in [0, 0.05) is 15.6 Å². The number of rotatable bonds is 5. The van der Waals surface area contributed by atoms with Crippen molar-refractivity contribution in [3.63, 3.8) is 0 Å². The van der Waals surface area contributed by atoms with Gasteiger partial charge in [-0.1, -0.05) is 18.2 Å². The summed E-state index contributed by atoms with van der Waals surface area (Å²) in [5.41, 5.74) is 0.956. The Morgan fingerprint density at radius 1 is 1.04 bits per heavy atom. The molecular weight excluding hydrogens is 350 g/mol. The van der Waals surface area contributed by atoms with Crippen molar-refractivity contribution in [2.75, 3.05) is 12.4 Å². The molecule has 0 radical (unpaired) electrons. The van der Waals surface area contributed by atoms with E-state index in [2.05, 4.69) is 5.32 Å². The SMILES string of the molecule is COC(=O)c1sc2ccccc2c1NC(=O)c1ccc(OC(C)C)cc1. The Bertz CT molecular complexity index is 944. The predicted molar refractivity (Wildman–Crippen MR) is 103 cm³/mol. The molecule has 1 aromatic heterocycles. The van der Waals surface area contributed by atoms with E-state index in [1.165, 1.54) is 18.4 Å². The van der Waals surface area contributed by atoms with Crippen LogP contribution in [0.5, 0.6) is 5.75 Å². The molecule has 0 aliphatic carbocycles. The molecule has 0 fully saturated rings. The lowest BCUT2D eigenvalue weighted by Crippen LogP contribution is -2.14. The van der Waals surface area contributed by atoms with Crippen LogP contribution >= 0.6 is 11.3 Å². The van der Waals surface area contributed by atoms with Crippen LogP contribution in [-0.4, -0.2) is 25.1 Å². The van der Waals surface area contributed by atoms with Crippen molar-refractivity contribution >= 4 is 39.0 Å². The number of anilines is 1. The number of nitrogens with one attached hydrogen (secondary N) is 1. The van der Waals surface area contributed by atoms with Gasteiger partial charge in [0.05, 0.1) is 18.9 Å². The number of carbonyl (C=O) groups excluding carboxylic acids is 2. The monoisotopic (exact) mass is 369 g/mol. The van der Waals surface area contributed by atoms with Crippen LogP contribution in [0.3, 0.4) is 0 Å². The number of benzene rings is 2. The van der Waals surface area contributed by atoms with Crippen molar-refractivity contribution in [1.82, 2.24) is 0 Å². The Balaban J connectivity index is 1.90. The van der Waals surface area contributed by atoms with Crippen LogP contribution in [0.15, 0.2) is 48.5 Å². The molecule has 5 nitrogen and oxygen atoms in total. The number of hydrogen-bond donors (Lipinski definition) is 1. The highest BCUT2D eigenvalue weighted by Crippen LogP contribution is 2.36. The zero-order chi connectivity index (χ0) is 18.7. The summed E-state index contributed by atoms with van der Waals surface area (Å²) < 4.78 is 11.3. The normalized spacial score (nSPS) is 10.8. The number of hydrogen-bond acceptors (Lipinski definition) is 5. The van der Waals surface area contributed by atoms with Crippen LogP contribution in [0, 0.1) is 0 Å². The molecule has 3 rings (SSSR count). The highest BCUT2D eigenvalue weighted by molar-refractivity contribution is 7.21. The number of carbonyl (C=O) groups is 2. The average Bonchev–Trinajstić information content (AvgIpc) is 3.00. The van der Waals surface area contributed by atoms with Gasteiger partial charge in [0.2, 0.25) is 0 Å². The van der Waals surface area contributed by atoms with E-state index < -0.39 is 5.97 Å². The van der Waals surface area contributed by atoms with Gasteiger partial charge in [-0.05, 0) is 44.2 Å². The molecule has 3 aromatic rings. The molecule has 1 amide bonds. The van der Waals surface area contributed by atoms with E-state index in [0.717, 1.165) is 10.1 Å². The van der Waals surface area contributed by atoms with E-state index in [9.17, 15) is 9.59 Å². The standard InChI is InChI=1S/C20H19NO4S/c1-12(2)25-14-10-8-13(9-11-14)19(22)21-17-15-6-4-5-7-16(15)26-18(17)20(23)24-3/h4-12H,1-3H3,(H,21,22). The second-order valence-corrected chi connectivity index (χ2v) is 6.99. The third-order valence-electron chi connectivity index (χ3n) is 3.69. The van der Waals surface area contributed by atoms with Gasteiger partial charge in [-0.25, -0.2) is 4.79 Å². The third kappa shape index (κ3) is 3.70. The number of ether oxygens (including phenoxy) is 2. The van der Waals surface area contributed by atoms with Crippen molar-refractivity contribution in [3.8, 4) is 5.75 Å². The highest BCUT2D eigenvalue weighted by atomic mass is 32.1. The summed E-state index contributed by atoms with van der Waals surface area (Å²) >= 11 is 1.29. The number of esters is 1. The lowest BCUT2D eigenvalue weighted by Gasteiger charge is -2.10. The number of methoxy groups -OCH3 is 1. The first-order chi connectivity index (χ1) is 12.5. The fourth-order valence-corrected chi connectivity index (χ4v) is 3.63. The summed E-state index contributed by atoms with van der Waals surface area (Å²) in [6, 6.07) is 14.4. The number of fused-ring (bicyclic) bond motifs is 1. The van der Waals surface area contributed by atoms with E-state index in [1.54, 1.807) is 24.3 Å². The summed E-state index contributed by atoms with van der Waals surface area (Å²) in [6.45, 7) is 3.88. The Morgan fingerprint density at radius 3 is 2.38 bits per heavy atom. The molecule has 0 aliphatic heterocycles. The molecule has 0 spiro atoms. The summed E-state index contributed by atoms with van der Waals surface area (Å²) in [4.78, 5) is 25.1. The van der Waals surface area contributed by atoms with E-state index >= 15 is 0 Å². The predicted octanol–water partition coefficient (Wildman–Crippen LogP) is 4.73. The van der Waals surface area contributed by atoms with Gasteiger partial charge in [0.15, 0.2) is 0 Å². The summed E-state index contributed by atoms with van der Waals surface area (Å²) in [7, 11) is 1.33. The molecule has 2 aromatic carbocycles. The largest absolute Gasteiger partial charge is 0.491 e. The van der Waals surface area contributed by atoms with Crippen molar-refractivity contribution in [2.24, 2.45) is 0 Å². The minimum absolute atomic E-state index is 0.0643. The van der Waals surface area contributed by atoms with Gasteiger partial charge in [0.25, 0.3) is 5.91 Å². The van der Waals surface area contributed by atoms with Gasteiger partial charge in [-0.3, -0.25) is 4.79 Å². The van der Waals surface area contributed by atoms with Gasteiger partial charge in [-0.15, -0.1) is 11.3 Å². The lowest BCUT2D eigenvalue weighted by molar-refractivity contribution is 0.0607. The van der Waals surface area contributed by atoms with Crippen molar-refractivity contribution in [2.45, 2.75) is 20.0 Å². The molecule has 0 bridgehead atoms. The zero-order valence-corrected chi connectivity index (χ0v) is 15.6. The third-order valence-corrected chi connectivity index (χ3v) is 4.84. The van der Waals surface area contributed by atoms with Gasteiger partial charge in [0.1, 0.15) is 10.6 Å². The summed E-state index contributed by atoms with van der Waals surface area (Å²) in [6.07, 6.45) is 0.0643. The first-order valence-electron chi connectivity index (χ1n) is 8.17. The quantitative estimate of drug-likeness (QED) is 0.661. The molecule has 0 unspecified atom stereocenters. The molecule has 134 valence electrons. The van der Waals surface area contributed by atoms with E-state index in [-0.39, 0.29) is 12.0 Å². The van der Waals surface area contributed by atoms with E-state index in [0.29, 0.717) is 21.9 Å². The molecule has 1 N–H and O–H groups in total. The summed E-state index contributed by atoms with van der Waals surface area (Å²) in [5.74, 6) is -0.0650. The fraction of sp³-hybridized carbons (Fsp3) is 0.200. The Labute approximate surface area is 155 Å². The van der Waals surface area contributed by atoms with Crippen LogP contribution in [0.25, 0.3) is 10.1 Å². The van der Waals surface area contributed by atoms with Crippen LogP contribution in [-0.2, 0) is 4.74 Å². The number of thiophene rings is 1. The minimum Gasteiger partial charge on any atom is -0.491 e. The van der Waals surface area contributed by atoms with Gasteiger partial charge < -0.3 is 14.8 Å². The highest BCUT2D eigenvalue weighted by Gasteiger charge is 2.21. The Hall–Kier alpha value is -2.86. The van der Waals surface area contributed by atoms with Crippen molar-refractivity contribution in [1.29, 1.82) is 0 Å². The smallest absolute Gasteiger partial charge is 0.350 e. The fourth-order valence-electron chi connectivity index (χ4n) is 2.55. The van der Waals surface area contributed by atoms with Gasteiger partial charge in [-0.2, -0.15) is 0 Å². The second-order valence-electron chi connectivity index (χ2n) is 5.94. The Kier molecular flexibility index (Phi) is 5.23. The molecule has 0 atom stereocenters. The minimum atomic E-state index is -0.470. The molecule has 1 heterocycles. The molecule has 6 heteroatoms. The zero-order valence-electron chi connectivity index (χ0n) is 14.7. The van der Waals surface area contributed by atoms with Crippen LogP contribution in [0.1, 0.15) is 33.9 Å². The lowest BCUT2D eigenvalue weighted by atomic mass is 10.1. The van der Waals surface area contributed by atoms with Crippen LogP contribution in [0.4, 0.5) is 5.69 Å². The second kappa shape index (κ2) is 7.58. The van der Waals surface area contributed by atoms with Crippen molar-refractivity contribution < 1.29 is 19.1 Å². The number of amides is 1. The molecule has 0 aliphatic rings. The maximum atomic E-state index is 12.7. The van der Waals surface area contributed by atoms with Crippen LogP contribution in [0.2, 0.25) is 0 Å². The molecule has 0 saturated heterocycles. The van der Waals surface area contributed by atoms with Crippen molar-refractivity contribution in [3.05, 3.63) is 59.0 Å². The average molecular weight is 369 g/mol. The maximum Gasteiger partial charge on any atom is 0.350 e. The van der Waals surface area contributed by atoms with E-state index in [1.807, 2.05) is 38.1 Å². The molecule has 0 saturated carbocycles. The Morgan fingerprint density at radius 2 is 1.73 bits per heavy atom. The van der Waals surface area contributed by atoms with Gasteiger partial charge >= 0.3 is 5.97 Å². The summed E-state index contributed by atoms with van der Waals surface area (Å²) in [5, 5.41) is 3.67. The topological polar surface area (TPSA) is 64.6 Å². The molecule has 26 heavy (non-hydrogen) atoms.